The fourth-order valence-corrected chi connectivity index (χ4v) is 6.55. The van der Waals surface area contributed by atoms with Crippen molar-refractivity contribution in [3.05, 3.63) is 59.2 Å². The molecular formula is C44H67N5O10. The molecule has 4 N–H and O–H groups in total. The van der Waals surface area contributed by atoms with Gasteiger partial charge in [0.2, 0.25) is 23.6 Å². The number of aliphatic hydroxyl groups excluding tert-OH is 1. The quantitative estimate of drug-likeness (QED) is 0.234. The van der Waals surface area contributed by atoms with Crippen LogP contribution >= 0.6 is 0 Å². The van der Waals surface area contributed by atoms with E-state index in [0.717, 1.165) is 5.56 Å². The maximum Gasteiger partial charge on any atom is 0.334 e. The smallest absolute Gasteiger partial charge is 0.334 e. The third-order valence-electron chi connectivity index (χ3n) is 10.8. The molecule has 59 heavy (non-hydrogen) atoms. The number of nitrogens with zero attached hydrogens (tertiary/aromatic N) is 2. The SMILES string of the molecule is C/C=C(\C)[C@H]1OC(=O)[C@@H](C)NC(=O)C(C(C)CC)NC(=O)CN(C)C(=O)[C@@H](Cc2ccccc2)N(C)C(=O)[C@H](C)NC(=O)[C@@H](CC(C)C)OC(=O)/C(C)=C/C[C@H](O)[C@@H]1C. The summed E-state index contributed by atoms with van der Waals surface area (Å²) in [6.45, 7) is 16.5. The Morgan fingerprint density at radius 3 is 2.08 bits per heavy atom. The molecule has 1 heterocycles. The first-order valence-electron chi connectivity index (χ1n) is 20.5. The zero-order valence-corrected chi connectivity index (χ0v) is 36.9. The maximum atomic E-state index is 14.1. The van der Waals surface area contributed by atoms with Gasteiger partial charge in [0.15, 0.2) is 6.10 Å². The van der Waals surface area contributed by atoms with Gasteiger partial charge in [0.1, 0.15) is 30.3 Å². The fraction of sp³-hybridized carbons (Fsp3) is 0.614. The first-order valence-corrected chi connectivity index (χ1v) is 20.5. The summed E-state index contributed by atoms with van der Waals surface area (Å²) < 4.78 is 11.5. The maximum absolute atomic E-state index is 14.1. The van der Waals surface area contributed by atoms with Gasteiger partial charge in [-0.2, -0.15) is 0 Å². The molecular weight excluding hydrogens is 759 g/mol. The number of hydrogen-bond acceptors (Lipinski definition) is 10. The monoisotopic (exact) mass is 825 g/mol. The minimum Gasteiger partial charge on any atom is -0.456 e. The second kappa shape index (κ2) is 23.5. The van der Waals surface area contributed by atoms with Crippen molar-refractivity contribution in [3.8, 4) is 0 Å². The molecule has 5 amide bonds. The summed E-state index contributed by atoms with van der Waals surface area (Å²) in [7, 11) is 2.85. The van der Waals surface area contributed by atoms with Crippen LogP contribution in [-0.4, -0.2) is 120 Å². The fourth-order valence-electron chi connectivity index (χ4n) is 6.55. The molecule has 1 aromatic rings. The number of nitrogens with one attached hydrogen (secondary N) is 3. The highest BCUT2D eigenvalue weighted by Crippen LogP contribution is 2.24. The van der Waals surface area contributed by atoms with E-state index >= 15 is 0 Å². The molecule has 15 heteroatoms. The number of carbonyl (C=O) groups excluding carboxylic acids is 7. The van der Waals surface area contributed by atoms with E-state index < -0.39 is 96.4 Å². The summed E-state index contributed by atoms with van der Waals surface area (Å²) >= 11 is 0. The summed E-state index contributed by atoms with van der Waals surface area (Å²) in [5, 5.41) is 19.3. The van der Waals surface area contributed by atoms with Crippen LogP contribution in [-0.2, 0) is 49.5 Å². The average molecular weight is 826 g/mol. The van der Waals surface area contributed by atoms with Crippen LogP contribution < -0.4 is 16.0 Å². The molecule has 2 unspecified atom stereocenters. The van der Waals surface area contributed by atoms with Crippen LogP contribution in [0, 0.1) is 17.8 Å². The normalized spacial score (nSPS) is 28.8. The van der Waals surface area contributed by atoms with Crippen molar-refractivity contribution in [2.75, 3.05) is 20.6 Å². The van der Waals surface area contributed by atoms with Gasteiger partial charge in [0, 0.05) is 32.0 Å². The summed E-state index contributed by atoms with van der Waals surface area (Å²) in [4.78, 5) is 98.0. The van der Waals surface area contributed by atoms with Crippen LogP contribution in [0.2, 0.25) is 0 Å². The van der Waals surface area contributed by atoms with Gasteiger partial charge < -0.3 is 40.3 Å². The Balaban J connectivity index is 2.62. The summed E-state index contributed by atoms with van der Waals surface area (Å²) in [6.07, 6.45) is 0.687. The van der Waals surface area contributed by atoms with E-state index in [0.29, 0.717) is 12.0 Å². The van der Waals surface area contributed by atoms with Crippen molar-refractivity contribution in [1.82, 2.24) is 25.8 Å². The van der Waals surface area contributed by atoms with Crippen molar-refractivity contribution in [2.24, 2.45) is 17.8 Å². The van der Waals surface area contributed by atoms with Crippen LogP contribution in [0.25, 0.3) is 0 Å². The Bertz CT molecular complexity index is 1700. The number of aliphatic hydroxyl groups is 1. The third kappa shape index (κ3) is 14.9. The first kappa shape index (κ1) is 50.1. The molecule has 0 spiro atoms. The summed E-state index contributed by atoms with van der Waals surface area (Å²) in [6, 6.07) is 4.53. The minimum absolute atomic E-state index is 0.0211. The zero-order valence-electron chi connectivity index (χ0n) is 36.9. The highest BCUT2D eigenvalue weighted by atomic mass is 16.6. The number of likely N-dealkylation sites (N-methyl/N-ethyl adjacent to an activating group) is 2. The highest BCUT2D eigenvalue weighted by molar-refractivity contribution is 5.96. The Hall–Kier alpha value is -5.05. The predicted molar refractivity (Wildman–Crippen MR) is 223 cm³/mol. The van der Waals surface area contributed by atoms with Gasteiger partial charge in [0.05, 0.1) is 12.6 Å². The van der Waals surface area contributed by atoms with Crippen molar-refractivity contribution < 1.29 is 48.1 Å². The Kier molecular flexibility index (Phi) is 20.0. The second-order valence-corrected chi connectivity index (χ2v) is 16.2. The highest BCUT2D eigenvalue weighted by Gasteiger charge is 2.36. The Morgan fingerprint density at radius 1 is 0.898 bits per heavy atom. The largest absolute Gasteiger partial charge is 0.456 e. The number of esters is 2. The molecule has 1 aromatic carbocycles. The van der Waals surface area contributed by atoms with E-state index in [1.807, 2.05) is 26.8 Å². The molecule has 0 saturated heterocycles. The second-order valence-electron chi connectivity index (χ2n) is 16.2. The van der Waals surface area contributed by atoms with Crippen LogP contribution in [0.3, 0.4) is 0 Å². The lowest BCUT2D eigenvalue weighted by Gasteiger charge is -2.33. The first-order chi connectivity index (χ1) is 27.6. The van der Waals surface area contributed by atoms with Gasteiger partial charge in [-0.25, -0.2) is 9.59 Å². The molecule has 0 radical (unpaired) electrons. The molecule has 328 valence electrons. The number of benzene rings is 1. The minimum atomic E-state index is -1.26. The summed E-state index contributed by atoms with van der Waals surface area (Å²) in [5.74, 6) is -5.83. The van der Waals surface area contributed by atoms with Gasteiger partial charge in [-0.15, -0.1) is 0 Å². The van der Waals surface area contributed by atoms with Gasteiger partial charge in [-0.05, 0) is 70.4 Å². The van der Waals surface area contributed by atoms with Crippen molar-refractivity contribution in [1.29, 1.82) is 0 Å². The van der Waals surface area contributed by atoms with Crippen LogP contribution in [0.4, 0.5) is 0 Å². The molecule has 0 fully saturated rings. The van der Waals surface area contributed by atoms with Gasteiger partial charge in [-0.1, -0.05) is 83.5 Å². The van der Waals surface area contributed by atoms with Gasteiger partial charge in [0.25, 0.3) is 5.91 Å². The molecule has 9 atom stereocenters. The topological polar surface area (TPSA) is 201 Å². The standard InChI is InChI=1S/C44H67N5O10/c1-13-26(5)37-40(53)46-31(10)44(57)59-38(27(6)14-2)29(8)34(50)21-20-28(7)43(56)58-35(22-25(3)4)39(52)45-30(9)41(54)49(12)33(23-32-18-16-15-17-19-32)42(55)48(11)24-36(51)47-37/h14-20,25-26,29-31,33-35,37-38,50H,13,21-24H2,1-12H3,(H,45,52)(H,46,53)(H,47,51)/b27-14+,28-20+/t26?,29-,30-,31+,33+,34-,35+,37?,38+/m0/s1. The number of hydrogen-bond donors (Lipinski definition) is 4. The molecule has 0 aromatic heterocycles. The molecule has 0 aliphatic carbocycles. The lowest BCUT2D eigenvalue weighted by molar-refractivity contribution is -0.155. The molecule has 15 nitrogen and oxygen atoms in total. The number of allylic oxidation sites excluding steroid dienone is 1. The summed E-state index contributed by atoms with van der Waals surface area (Å²) in [5.41, 5.74) is 1.51. The van der Waals surface area contributed by atoms with Gasteiger partial charge >= 0.3 is 11.9 Å². The average Bonchev–Trinajstić information content (AvgIpc) is 3.20. The molecule has 2 rings (SSSR count). The van der Waals surface area contributed by atoms with E-state index in [1.54, 1.807) is 58.0 Å². The number of carbonyl (C=O) groups is 7. The third-order valence-corrected chi connectivity index (χ3v) is 10.8. The van der Waals surface area contributed by atoms with Crippen molar-refractivity contribution >= 4 is 41.5 Å². The lowest BCUT2D eigenvalue weighted by atomic mass is 9.90. The van der Waals surface area contributed by atoms with Crippen LogP contribution in [0.15, 0.2) is 53.6 Å². The number of ether oxygens (including phenoxy) is 2. The molecule has 1 aliphatic rings. The Labute approximate surface area is 349 Å². The van der Waals surface area contributed by atoms with Crippen LogP contribution in [0.5, 0.6) is 0 Å². The zero-order chi connectivity index (χ0) is 44.7. The van der Waals surface area contributed by atoms with E-state index in [2.05, 4.69) is 16.0 Å². The van der Waals surface area contributed by atoms with E-state index in [9.17, 15) is 38.7 Å². The molecule has 0 bridgehead atoms. The van der Waals surface area contributed by atoms with E-state index in [4.69, 9.17) is 9.47 Å². The van der Waals surface area contributed by atoms with Crippen molar-refractivity contribution in [3.63, 3.8) is 0 Å². The van der Waals surface area contributed by atoms with Crippen molar-refractivity contribution in [2.45, 2.75) is 137 Å². The number of amides is 5. The van der Waals surface area contributed by atoms with E-state index in [1.165, 1.54) is 50.7 Å². The van der Waals surface area contributed by atoms with E-state index in [-0.39, 0.29) is 36.7 Å². The van der Waals surface area contributed by atoms with Gasteiger partial charge in [-0.3, -0.25) is 24.0 Å². The number of rotatable bonds is 7. The molecule has 1 aliphatic heterocycles. The molecule has 0 saturated carbocycles. The Morgan fingerprint density at radius 2 is 1.51 bits per heavy atom. The number of cyclic esters (lactones) is 2. The lowest BCUT2D eigenvalue weighted by Crippen LogP contribution is -2.57. The predicted octanol–water partition coefficient (Wildman–Crippen LogP) is 3.24. The van der Waals surface area contributed by atoms with Crippen LogP contribution in [0.1, 0.15) is 94.1 Å².